The van der Waals surface area contributed by atoms with Crippen LogP contribution in [0.5, 0.6) is 0 Å². The van der Waals surface area contributed by atoms with Crippen LogP contribution in [0.2, 0.25) is 0 Å². The van der Waals surface area contributed by atoms with Gasteiger partial charge in [0, 0.05) is 24.7 Å². The molecule has 3 atom stereocenters. The Kier molecular flexibility index (Phi) is 4.97. The number of alkyl halides is 3. The fraction of sp³-hybridized carbons (Fsp3) is 1.00. The molecule has 2 N–H and O–H groups in total. The lowest BCUT2D eigenvalue weighted by atomic mass is 9.73. The minimum Gasteiger partial charge on any atom is -0.378 e. The van der Waals surface area contributed by atoms with Crippen molar-refractivity contribution in [2.24, 2.45) is 11.7 Å². The van der Waals surface area contributed by atoms with Gasteiger partial charge in [-0.2, -0.15) is 13.2 Å². The van der Waals surface area contributed by atoms with Crippen LogP contribution in [0.4, 0.5) is 13.2 Å². The highest BCUT2D eigenvalue weighted by Gasteiger charge is 2.50. The molecule has 3 unspecified atom stereocenters. The van der Waals surface area contributed by atoms with E-state index in [1.807, 2.05) is 0 Å². The highest BCUT2D eigenvalue weighted by Crippen LogP contribution is 2.44. The van der Waals surface area contributed by atoms with Crippen molar-refractivity contribution in [1.82, 2.24) is 4.90 Å². The fourth-order valence-corrected chi connectivity index (χ4v) is 3.80. The van der Waals surface area contributed by atoms with Crippen LogP contribution in [0.25, 0.3) is 0 Å². The van der Waals surface area contributed by atoms with E-state index < -0.39 is 17.6 Å². The van der Waals surface area contributed by atoms with Crippen LogP contribution in [0.15, 0.2) is 0 Å². The Balaban J connectivity index is 2.19. The summed E-state index contributed by atoms with van der Waals surface area (Å²) in [6.45, 7) is 4.25. The number of hydrogen-bond acceptors (Lipinski definition) is 3. The van der Waals surface area contributed by atoms with Crippen LogP contribution in [-0.2, 0) is 4.74 Å². The van der Waals surface area contributed by atoms with E-state index in [0.717, 1.165) is 12.8 Å². The minimum absolute atomic E-state index is 0.142. The molecule has 3 nitrogen and oxygen atoms in total. The molecule has 2 fully saturated rings. The second kappa shape index (κ2) is 6.20. The summed E-state index contributed by atoms with van der Waals surface area (Å²) < 4.78 is 44.7. The maximum Gasteiger partial charge on any atom is 0.391 e. The second-order valence-corrected chi connectivity index (χ2v) is 6.09. The first-order chi connectivity index (χ1) is 9.43. The number of rotatable bonds is 3. The molecule has 2 rings (SSSR count). The molecule has 0 radical (unpaired) electrons. The number of nitrogens with two attached hydrogens (primary N) is 1. The van der Waals surface area contributed by atoms with Gasteiger partial charge in [-0.1, -0.05) is 13.3 Å². The Bertz CT molecular complexity index is 324. The number of nitrogens with zero attached hydrogens (tertiary/aromatic N) is 1. The van der Waals surface area contributed by atoms with E-state index >= 15 is 0 Å². The standard InChI is InChI=1S/C14H25F3N2O/c1-2-12-9-20-7-6-19(12)13(10-18)5-3-4-11(8-13)14(15,16)17/h11-12H,2-10,18H2,1H3. The molecule has 0 spiro atoms. The number of ether oxygens (including phenoxy) is 1. The molecule has 0 aromatic carbocycles. The highest BCUT2D eigenvalue weighted by molar-refractivity contribution is 5.00. The largest absolute Gasteiger partial charge is 0.391 e. The Hall–Kier alpha value is -0.330. The molecular weight excluding hydrogens is 269 g/mol. The first-order valence-electron chi connectivity index (χ1n) is 7.54. The highest BCUT2D eigenvalue weighted by atomic mass is 19.4. The van der Waals surface area contributed by atoms with Gasteiger partial charge in [-0.15, -0.1) is 0 Å². The van der Waals surface area contributed by atoms with Gasteiger partial charge in [0.2, 0.25) is 0 Å². The normalized spacial score (nSPS) is 37.0. The van der Waals surface area contributed by atoms with Crippen molar-refractivity contribution in [3.8, 4) is 0 Å². The zero-order chi connectivity index (χ0) is 14.8. The van der Waals surface area contributed by atoms with Gasteiger partial charge in [0.25, 0.3) is 0 Å². The van der Waals surface area contributed by atoms with Crippen LogP contribution in [0.3, 0.4) is 0 Å². The molecule has 1 aliphatic carbocycles. The van der Waals surface area contributed by atoms with E-state index in [4.69, 9.17) is 10.5 Å². The first kappa shape index (κ1) is 16.0. The lowest BCUT2D eigenvalue weighted by molar-refractivity contribution is -0.198. The van der Waals surface area contributed by atoms with Crippen molar-refractivity contribution >= 4 is 0 Å². The van der Waals surface area contributed by atoms with Gasteiger partial charge in [-0.3, -0.25) is 4.90 Å². The Labute approximate surface area is 118 Å². The molecule has 0 aromatic heterocycles. The van der Waals surface area contributed by atoms with Crippen LogP contribution in [-0.4, -0.2) is 49.0 Å². The maximum atomic E-state index is 13.1. The summed E-state index contributed by atoms with van der Waals surface area (Å²) in [6.07, 6.45) is -1.45. The van der Waals surface area contributed by atoms with Crippen molar-refractivity contribution < 1.29 is 17.9 Å². The molecule has 1 aliphatic heterocycles. The monoisotopic (exact) mass is 294 g/mol. The molecule has 1 saturated carbocycles. The molecule has 1 saturated heterocycles. The molecule has 0 bridgehead atoms. The quantitative estimate of drug-likeness (QED) is 0.869. The van der Waals surface area contributed by atoms with Gasteiger partial charge < -0.3 is 10.5 Å². The van der Waals surface area contributed by atoms with Crippen LogP contribution < -0.4 is 5.73 Å². The SMILES string of the molecule is CCC1COCCN1C1(CN)CCCC(C(F)(F)F)C1. The van der Waals surface area contributed by atoms with Gasteiger partial charge in [0.15, 0.2) is 0 Å². The third kappa shape index (κ3) is 3.12. The van der Waals surface area contributed by atoms with E-state index in [1.54, 1.807) is 0 Å². The van der Waals surface area contributed by atoms with Gasteiger partial charge in [-0.25, -0.2) is 0 Å². The molecule has 6 heteroatoms. The molecule has 20 heavy (non-hydrogen) atoms. The first-order valence-corrected chi connectivity index (χ1v) is 7.54. The van der Waals surface area contributed by atoms with E-state index in [2.05, 4.69) is 11.8 Å². The average molecular weight is 294 g/mol. The lowest BCUT2D eigenvalue weighted by Gasteiger charge is -2.52. The summed E-state index contributed by atoms with van der Waals surface area (Å²) >= 11 is 0. The third-order valence-electron chi connectivity index (χ3n) is 4.97. The van der Waals surface area contributed by atoms with E-state index in [9.17, 15) is 13.2 Å². The Morgan fingerprint density at radius 1 is 1.40 bits per heavy atom. The van der Waals surface area contributed by atoms with Crippen molar-refractivity contribution in [3.05, 3.63) is 0 Å². The fourth-order valence-electron chi connectivity index (χ4n) is 3.80. The number of hydrogen-bond donors (Lipinski definition) is 1. The van der Waals surface area contributed by atoms with Crippen molar-refractivity contribution in [2.75, 3.05) is 26.3 Å². The van der Waals surface area contributed by atoms with Crippen molar-refractivity contribution in [1.29, 1.82) is 0 Å². The molecule has 0 aromatic rings. The third-order valence-corrected chi connectivity index (χ3v) is 4.97. The molecule has 0 amide bonds. The topological polar surface area (TPSA) is 38.5 Å². The molecule has 1 heterocycles. The van der Waals surface area contributed by atoms with E-state index in [0.29, 0.717) is 32.7 Å². The summed E-state index contributed by atoms with van der Waals surface area (Å²) in [5.74, 6) is -1.21. The van der Waals surface area contributed by atoms with Gasteiger partial charge in [0.1, 0.15) is 0 Å². The van der Waals surface area contributed by atoms with Crippen molar-refractivity contribution in [3.63, 3.8) is 0 Å². The maximum absolute atomic E-state index is 13.1. The average Bonchev–Trinajstić information content (AvgIpc) is 2.46. The van der Waals surface area contributed by atoms with Crippen LogP contribution in [0, 0.1) is 5.92 Å². The Morgan fingerprint density at radius 3 is 2.75 bits per heavy atom. The Morgan fingerprint density at radius 2 is 2.15 bits per heavy atom. The number of morpholine rings is 1. The van der Waals surface area contributed by atoms with Gasteiger partial charge >= 0.3 is 6.18 Å². The summed E-state index contributed by atoms with van der Waals surface area (Å²) in [5, 5.41) is 0. The lowest BCUT2D eigenvalue weighted by Crippen LogP contribution is -2.63. The number of halogens is 3. The summed E-state index contributed by atoms with van der Waals surface area (Å²) in [7, 11) is 0. The minimum atomic E-state index is -4.10. The zero-order valence-electron chi connectivity index (χ0n) is 12.1. The van der Waals surface area contributed by atoms with Gasteiger partial charge in [0.05, 0.1) is 19.1 Å². The predicted octanol–water partition coefficient (Wildman–Crippen LogP) is 2.55. The smallest absolute Gasteiger partial charge is 0.378 e. The zero-order valence-corrected chi connectivity index (χ0v) is 12.1. The van der Waals surface area contributed by atoms with E-state index in [1.165, 1.54) is 0 Å². The predicted molar refractivity (Wildman–Crippen MR) is 71.4 cm³/mol. The van der Waals surface area contributed by atoms with Gasteiger partial charge in [-0.05, 0) is 25.7 Å². The summed E-state index contributed by atoms with van der Waals surface area (Å²) in [5.41, 5.74) is 5.44. The van der Waals surface area contributed by atoms with E-state index in [-0.39, 0.29) is 18.9 Å². The van der Waals surface area contributed by atoms with Crippen LogP contribution >= 0.6 is 0 Å². The second-order valence-electron chi connectivity index (χ2n) is 6.09. The van der Waals surface area contributed by atoms with Crippen LogP contribution in [0.1, 0.15) is 39.0 Å². The summed E-state index contributed by atoms with van der Waals surface area (Å²) in [6, 6.07) is 0.194. The molecule has 2 aliphatic rings. The molecule has 118 valence electrons. The van der Waals surface area contributed by atoms with Crippen molar-refractivity contribution in [2.45, 2.75) is 56.8 Å². The summed E-state index contributed by atoms with van der Waals surface area (Å²) in [4.78, 5) is 2.22. The molecular formula is C14H25F3N2O.